The second-order valence-corrected chi connectivity index (χ2v) is 3.21. The summed E-state index contributed by atoms with van der Waals surface area (Å²) in [5.74, 6) is -0.696. The fourth-order valence-corrected chi connectivity index (χ4v) is 1.32. The Balaban J connectivity index is 3.31. The van der Waals surface area contributed by atoms with E-state index in [4.69, 9.17) is 4.74 Å². The van der Waals surface area contributed by atoms with Crippen LogP contribution >= 0.6 is 0 Å². The number of hydrogen-bond acceptors (Lipinski definition) is 3. The van der Waals surface area contributed by atoms with Gasteiger partial charge in [0.1, 0.15) is 17.1 Å². The second kappa shape index (κ2) is 4.61. The third-order valence-electron chi connectivity index (χ3n) is 2.07. The zero-order valence-electron chi connectivity index (χ0n) is 8.85. The van der Waals surface area contributed by atoms with E-state index in [2.05, 4.69) is 5.32 Å². The molecule has 0 saturated heterocycles. The van der Waals surface area contributed by atoms with E-state index in [-0.39, 0.29) is 17.9 Å². The zero-order valence-corrected chi connectivity index (χ0v) is 8.85. The largest absolute Gasteiger partial charge is 0.507 e. The van der Waals surface area contributed by atoms with E-state index in [0.717, 1.165) is 6.07 Å². The molecule has 0 aliphatic heterocycles. The zero-order chi connectivity index (χ0) is 12.3. The van der Waals surface area contributed by atoms with Crippen LogP contribution in [0.2, 0.25) is 0 Å². The van der Waals surface area contributed by atoms with Crippen LogP contribution in [0.5, 0.6) is 11.5 Å². The predicted molar refractivity (Wildman–Crippen MR) is 52.4 cm³/mol. The van der Waals surface area contributed by atoms with Gasteiger partial charge in [-0.2, -0.15) is 13.2 Å². The SMILES string of the molecule is CNCc1cc(OC)cc(C(F)(F)F)c1O. The minimum Gasteiger partial charge on any atom is -0.507 e. The summed E-state index contributed by atoms with van der Waals surface area (Å²) in [6.45, 7) is 0.131. The van der Waals surface area contributed by atoms with Crippen molar-refractivity contribution in [1.29, 1.82) is 0 Å². The van der Waals surface area contributed by atoms with Crippen molar-refractivity contribution in [2.24, 2.45) is 0 Å². The van der Waals surface area contributed by atoms with Crippen LogP contribution in [0, 0.1) is 0 Å². The lowest BCUT2D eigenvalue weighted by atomic mass is 10.1. The van der Waals surface area contributed by atoms with Crippen molar-refractivity contribution in [3.05, 3.63) is 23.3 Å². The van der Waals surface area contributed by atoms with Gasteiger partial charge in [0.05, 0.1) is 7.11 Å². The topological polar surface area (TPSA) is 41.5 Å². The Morgan fingerprint density at radius 2 is 2.00 bits per heavy atom. The van der Waals surface area contributed by atoms with Gasteiger partial charge in [-0.1, -0.05) is 0 Å². The van der Waals surface area contributed by atoms with E-state index in [1.54, 1.807) is 7.05 Å². The number of rotatable bonds is 3. The number of methoxy groups -OCH3 is 1. The number of halogens is 3. The monoisotopic (exact) mass is 235 g/mol. The molecule has 1 aromatic carbocycles. The lowest BCUT2D eigenvalue weighted by molar-refractivity contribution is -0.138. The first-order chi connectivity index (χ1) is 7.40. The number of hydrogen-bond donors (Lipinski definition) is 2. The molecule has 0 unspecified atom stereocenters. The van der Waals surface area contributed by atoms with E-state index < -0.39 is 17.5 Å². The van der Waals surface area contributed by atoms with Crippen LogP contribution in [0.15, 0.2) is 12.1 Å². The fraction of sp³-hybridized carbons (Fsp3) is 0.400. The maximum atomic E-state index is 12.5. The first-order valence-electron chi connectivity index (χ1n) is 4.51. The van der Waals surface area contributed by atoms with E-state index in [0.29, 0.717) is 0 Å². The minimum atomic E-state index is -4.60. The molecule has 0 saturated carbocycles. The number of aromatic hydroxyl groups is 1. The molecule has 1 rings (SSSR count). The maximum Gasteiger partial charge on any atom is 0.420 e. The molecule has 0 aliphatic rings. The van der Waals surface area contributed by atoms with E-state index in [1.165, 1.54) is 13.2 Å². The second-order valence-electron chi connectivity index (χ2n) is 3.21. The molecule has 3 nitrogen and oxygen atoms in total. The molecular weight excluding hydrogens is 223 g/mol. The summed E-state index contributed by atoms with van der Waals surface area (Å²) in [6.07, 6.45) is -4.60. The van der Waals surface area contributed by atoms with Crippen LogP contribution in [0.25, 0.3) is 0 Å². The molecule has 0 spiro atoms. The van der Waals surface area contributed by atoms with Gasteiger partial charge in [0, 0.05) is 12.1 Å². The number of ether oxygens (including phenoxy) is 1. The van der Waals surface area contributed by atoms with E-state index in [1.807, 2.05) is 0 Å². The lowest BCUT2D eigenvalue weighted by Gasteiger charge is -2.14. The lowest BCUT2D eigenvalue weighted by Crippen LogP contribution is -2.10. The van der Waals surface area contributed by atoms with E-state index >= 15 is 0 Å². The van der Waals surface area contributed by atoms with Crippen molar-refractivity contribution in [1.82, 2.24) is 5.32 Å². The summed E-state index contributed by atoms with van der Waals surface area (Å²) in [5.41, 5.74) is -0.939. The first-order valence-corrected chi connectivity index (χ1v) is 4.51. The Morgan fingerprint density at radius 1 is 1.38 bits per heavy atom. The van der Waals surface area contributed by atoms with Crippen LogP contribution in [0.4, 0.5) is 13.2 Å². The molecular formula is C10H12F3NO2. The summed E-state index contributed by atoms with van der Waals surface area (Å²) in [6, 6.07) is 2.13. The molecule has 0 aromatic heterocycles. The summed E-state index contributed by atoms with van der Waals surface area (Å²) in [7, 11) is 2.85. The van der Waals surface area contributed by atoms with Crippen LogP contribution in [-0.2, 0) is 12.7 Å². The average Bonchev–Trinajstić information content (AvgIpc) is 2.19. The molecule has 0 aliphatic carbocycles. The van der Waals surface area contributed by atoms with Gasteiger partial charge in [0.2, 0.25) is 0 Å². The third kappa shape index (κ3) is 2.57. The number of phenolic OH excluding ortho intramolecular Hbond substituents is 1. The maximum absolute atomic E-state index is 12.5. The molecule has 0 fully saturated rings. The van der Waals surface area contributed by atoms with Crippen LogP contribution in [-0.4, -0.2) is 19.3 Å². The molecule has 0 atom stereocenters. The molecule has 6 heteroatoms. The highest BCUT2D eigenvalue weighted by Gasteiger charge is 2.35. The van der Waals surface area contributed by atoms with Crippen molar-refractivity contribution in [2.45, 2.75) is 12.7 Å². The number of alkyl halides is 3. The standard InChI is InChI=1S/C10H12F3NO2/c1-14-5-6-3-7(16-2)4-8(9(6)15)10(11,12)13/h3-4,14-15H,5H2,1-2H3. The summed E-state index contributed by atoms with van der Waals surface area (Å²) >= 11 is 0. The highest BCUT2D eigenvalue weighted by atomic mass is 19.4. The molecule has 0 radical (unpaired) electrons. The summed E-state index contributed by atoms with van der Waals surface area (Å²) in [5, 5.41) is 12.1. The molecule has 16 heavy (non-hydrogen) atoms. The van der Waals surface area contributed by atoms with Gasteiger partial charge in [-0.25, -0.2) is 0 Å². The van der Waals surface area contributed by atoms with Crippen molar-refractivity contribution in [2.75, 3.05) is 14.2 Å². The number of benzene rings is 1. The van der Waals surface area contributed by atoms with Crippen molar-refractivity contribution in [3.8, 4) is 11.5 Å². The third-order valence-corrected chi connectivity index (χ3v) is 2.07. The van der Waals surface area contributed by atoms with Crippen LogP contribution in [0.1, 0.15) is 11.1 Å². The van der Waals surface area contributed by atoms with Gasteiger partial charge < -0.3 is 15.2 Å². The quantitative estimate of drug-likeness (QED) is 0.843. The summed E-state index contributed by atoms with van der Waals surface area (Å²) in [4.78, 5) is 0. The Hall–Kier alpha value is -1.43. The van der Waals surface area contributed by atoms with Gasteiger partial charge >= 0.3 is 6.18 Å². The van der Waals surface area contributed by atoms with Gasteiger partial charge in [-0.05, 0) is 19.2 Å². The first kappa shape index (κ1) is 12.6. The van der Waals surface area contributed by atoms with Gasteiger partial charge in [-0.3, -0.25) is 0 Å². The molecule has 90 valence electrons. The number of nitrogens with one attached hydrogen (secondary N) is 1. The minimum absolute atomic E-state index is 0.0652. The van der Waals surface area contributed by atoms with Gasteiger partial charge in [-0.15, -0.1) is 0 Å². The van der Waals surface area contributed by atoms with Crippen LogP contribution < -0.4 is 10.1 Å². The van der Waals surface area contributed by atoms with Gasteiger partial charge in [0.25, 0.3) is 0 Å². The van der Waals surface area contributed by atoms with Crippen molar-refractivity contribution < 1.29 is 23.0 Å². The normalized spacial score (nSPS) is 11.6. The average molecular weight is 235 g/mol. The highest BCUT2D eigenvalue weighted by molar-refractivity contribution is 5.47. The Kier molecular flexibility index (Phi) is 3.64. The summed E-state index contributed by atoms with van der Waals surface area (Å²) < 4.78 is 42.4. The molecule has 1 aromatic rings. The van der Waals surface area contributed by atoms with Crippen molar-refractivity contribution >= 4 is 0 Å². The predicted octanol–water partition coefficient (Wildman–Crippen LogP) is 2.14. The Bertz CT molecular complexity index is 377. The molecule has 0 heterocycles. The highest BCUT2D eigenvalue weighted by Crippen LogP contribution is 2.40. The Labute approximate surface area is 90.8 Å². The molecule has 2 N–H and O–H groups in total. The smallest absolute Gasteiger partial charge is 0.420 e. The fourth-order valence-electron chi connectivity index (χ4n) is 1.32. The van der Waals surface area contributed by atoms with Crippen LogP contribution in [0.3, 0.4) is 0 Å². The van der Waals surface area contributed by atoms with E-state index in [9.17, 15) is 18.3 Å². The molecule has 0 amide bonds. The van der Waals surface area contributed by atoms with Crippen molar-refractivity contribution in [3.63, 3.8) is 0 Å². The Morgan fingerprint density at radius 3 is 2.44 bits per heavy atom. The number of phenols is 1. The molecule has 0 bridgehead atoms. The van der Waals surface area contributed by atoms with Gasteiger partial charge in [0.15, 0.2) is 0 Å².